The summed E-state index contributed by atoms with van der Waals surface area (Å²) in [7, 11) is 1.88. The smallest absolute Gasteiger partial charge is 0.141 e. The topological polar surface area (TPSA) is 43.8 Å². The molecule has 0 spiro atoms. The molecule has 11 heavy (non-hydrogen) atoms. The molecule has 0 aliphatic rings. The first-order valence-corrected chi connectivity index (χ1v) is 4.43. The number of anilines is 1. The summed E-state index contributed by atoms with van der Waals surface area (Å²) in [4.78, 5) is 0. The summed E-state index contributed by atoms with van der Waals surface area (Å²) in [6, 6.07) is 0. The van der Waals surface area contributed by atoms with E-state index in [9.17, 15) is 0 Å². The molecular weight excluding hydrogens is 158 g/mol. The molecule has 0 aromatic carbocycles. The molecule has 0 amide bonds. The van der Waals surface area contributed by atoms with Crippen LogP contribution in [0.25, 0.3) is 0 Å². The van der Waals surface area contributed by atoms with Crippen LogP contribution < -0.4 is 5.73 Å². The van der Waals surface area contributed by atoms with E-state index in [0.717, 1.165) is 10.7 Å². The van der Waals surface area contributed by atoms with E-state index in [0.29, 0.717) is 5.25 Å². The van der Waals surface area contributed by atoms with Gasteiger partial charge in [0.15, 0.2) is 0 Å². The third-order valence-corrected chi connectivity index (χ3v) is 2.18. The average molecular weight is 171 g/mol. The number of rotatable bonds is 2. The van der Waals surface area contributed by atoms with Gasteiger partial charge in [-0.1, -0.05) is 25.6 Å². The number of aryl methyl sites for hydroxylation is 1. The fourth-order valence-corrected chi connectivity index (χ4v) is 1.61. The summed E-state index contributed by atoms with van der Waals surface area (Å²) >= 11 is 1.69. The molecule has 3 nitrogen and oxygen atoms in total. The molecule has 0 atom stereocenters. The van der Waals surface area contributed by atoms with Crippen molar-refractivity contribution in [2.75, 3.05) is 5.73 Å². The van der Waals surface area contributed by atoms with Gasteiger partial charge in [0.05, 0.1) is 5.69 Å². The van der Waals surface area contributed by atoms with Gasteiger partial charge in [0, 0.05) is 18.5 Å². The van der Waals surface area contributed by atoms with E-state index in [2.05, 4.69) is 18.9 Å². The third kappa shape index (κ3) is 2.15. The van der Waals surface area contributed by atoms with Gasteiger partial charge >= 0.3 is 0 Å². The second-order valence-electron chi connectivity index (χ2n) is 2.73. The summed E-state index contributed by atoms with van der Waals surface area (Å²) in [6.07, 6.45) is 1.82. The summed E-state index contributed by atoms with van der Waals surface area (Å²) in [6.45, 7) is 4.25. The lowest BCUT2D eigenvalue weighted by molar-refractivity contribution is 0.737. The molecule has 1 rings (SSSR count). The predicted octanol–water partition coefficient (Wildman–Crippen LogP) is 1.50. The van der Waals surface area contributed by atoms with Crippen molar-refractivity contribution in [1.82, 2.24) is 9.78 Å². The van der Waals surface area contributed by atoms with Crippen LogP contribution in [0.4, 0.5) is 5.69 Å². The van der Waals surface area contributed by atoms with Crippen molar-refractivity contribution in [2.24, 2.45) is 7.05 Å². The monoisotopic (exact) mass is 171 g/mol. The molecule has 4 heteroatoms. The van der Waals surface area contributed by atoms with Gasteiger partial charge in [-0.3, -0.25) is 4.68 Å². The van der Waals surface area contributed by atoms with E-state index >= 15 is 0 Å². The van der Waals surface area contributed by atoms with E-state index in [1.807, 2.05) is 13.2 Å². The first kappa shape index (κ1) is 8.46. The molecule has 1 aromatic heterocycles. The molecule has 62 valence electrons. The van der Waals surface area contributed by atoms with Crippen LogP contribution in [0.15, 0.2) is 11.2 Å². The minimum atomic E-state index is 0.534. The van der Waals surface area contributed by atoms with Gasteiger partial charge in [-0.15, -0.1) is 0 Å². The van der Waals surface area contributed by atoms with Crippen molar-refractivity contribution in [3.63, 3.8) is 0 Å². The van der Waals surface area contributed by atoms with Crippen molar-refractivity contribution in [2.45, 2.75) is 24.1 Å². The summed E-state index contributed by atoms with van der Waals surface area (Å²) in [5.41, 5.74) is 6.46. The third-order valence-electron chi connectivity index (χ3n) is 1.17. The van der Waals surface area contributed by atoms with Crippen LogP contribution >= 0.6 is 11.8 Å². The van der Waals surface area contributed by atoms with Crippen molar-refractivity contribution in [3.05, 3.63) is 6.20 Å². The number of hydrogen-bond donors (Lipinski definition) is 1. The quantitative estimate of drug-likeness (QED) is 0.686. The fraction of sp³-hybridized carbons (Fsp3) is 0.571. The normalized spacial score (nSPS) is 10.9. The van der Waals surface area contributed by atoms with Crippen molar-refractivity contribution in [1.29, 1.82) is 0 Å². The number of hydrogen-bond acceptors (Lipinski definition) is 3. The molecule has 0 radical (unpaired) electrons. The Balaban J connectivity index is 2.77. The second kappa shape index (κ2) is 3.17. The van der Waals surface area contributed by atoms with Crippen molar-refractivity contribution in [3.8, 4) is 0 Å². The van der Waals surface area contributed by atoms with Crippen LogP contribution in [0.2, 0.25) is 0 Å². The Hall–Kier alpha value is -0.640. The van der Waals surface area contributed by atoms with Crippen LogP contribution in [0.1, 0.15) is 13.8 Å². The molecule has 0 bridgehead atoms. The predicted molar refractivity (Wildman–Crippen MR) is 48.6 cm³/mol. The molecule has 0 aliphatic carbocycles. The highest BCUT2D eigenvalue weighted by atomic mass is 32.2. The lowest BCUT2D eigenvalue weighted by atomic mass is 10.6. The number of nitrogens with two attached hydrogens (primary N) is 1. The van der Waals surface area contributed by atoms with Gasteiger partial charge in [0.25, 0.3) is 0 Å². The number of nitrogens with zero attached hydrogens (tertiary/aromatic N) is 2. The van der Waals surface area contributed by atoms with E-state index in [-0.39, 0.29) is 0 Å². The molecular formula is C7H13N3S. The van der Waals surface area contributed by atoms with Gasteiger partial charge < -0.3 is 5.73 Å². The Bertz CT molecular complexity index is 242. The average Bonchev–Trinajstić information content (AvgIpc) is 2.09. The lowest BCUT2D eigenvalue weighted by Crippen LogP contribution is -1.91. The second-order valence-corrected chi connectivity index (χ2v) is 4.30. The zero-order valence-electron chi connectivity index (χ0n) is 7.03. The molecule has 1 heterocycles. The van der Waals surface area contributed by atoms with Crippen LogP contribution in [0.5, 0.6) is 0 Å². The van der Waals surface area contributed by atoms with E-state index < -0.39 is 0 Å². The fourth-order valence-electron chi connectivity index (χ4n) is 0.801. The van der Waals surface area contributed by atoms with Gasteiger partial charge in [-0.25, -0.2) is 0 Å². The summed E-state index contributed by atoms with van der Waals surface area (Å²) < 4.78 is 1.74. The minimum Gasteiger partial charge on any atom is -0.395 e. The Labute approximate surface area is 71.0 Å². The maximum absolute atomic E-state index is 5.69. The van der Waals surface area contributed by atoms with Gasteiger partial charge in [-0.05, 0) is 0 Å². The SMILES string of the molecule is CC(C)Sc1nn(C)cc1N. The zero-order chi connectivity index (χ0) is 8.43. The highest BCUT2D eigenvalue weighted by Crippen LogP contribution is 2.25. The van der Waals surface area contributed by atoms with Crippen LogP contribution in [-0.4, -0.2) is 15.0 Å². The van der Waals surface area contributed by atoms with E-state index in [4.69, 9.17) is 5.73 Å². The van der Waals surface area contributed by atoms with Gasteiger partial charge in [0.2, 0.25) is 0 Å². The molecule has 0 saturated heterocycles. The summed E-state index contributed by atoms with van der Waals surface area (Å²) in [5, 5.41) is 5.67. The Morgan fingerprint density at radius 1 is 1.64 bits per heavy atom. The van der Waals surface area contributed by atoms with Crippen LogP contribution in [0, 0.1) is 0 Å². The summed E-state index contributed by atoms with van der Waals surface area (Å²) in [5.74, 6) is 0. The zero-order valence-corrected chi connectivity index (χ0v) is 7.85. The first-order valence-electron chi connectivity index (χ1n) is 3.55. The number of aromatic nitrogens is 2. The van der Waals surface area contributed by atoms with Crippen molar-refractivity contribution < 1.29 is 0 Å². The highest BCUT2D eigenvalue weighted by Gasteiger charge is 2.05. The minimum absolute atomic E-state index is 0.534. The maximum Gasteiger partial charge on any atom is 0.141 e. The molecule has 0 saturated carbocycles. The number of nitrogen functional groups attached to an aromatic ring is 1. The molecule has 0 unspecified atom stereocenters. The molecule has 1 aromatic rings. The highest BCUT2D eigenvalue weighted by molar-refractivity contribution is 7.99. The molecule has 0 fully saturated rings. The number of thioether (sulfide) groups is 1. The van der Waals surface area contributed by atoms with Crippen molar-refractivity contribution >= 4 is 17.4 Å². The van der Waals surface area contributed by atoms with E-state index in [1.54, 1.807) is 16.4 Å². The van der Waals surface area contributed by atoms with Gasteiger partial charge in [0.1, 0.15) is 5.03 Å². The van der Waals surface area contributed by atoms with Crippen LogP contribution in [-0.2, 0) is 7.05 Å². The molecule has 2 N–H and O–H groups in total. The largest absolute Gasteiger partial charge is 0.395 e. The first-order chi connectivity index (χ1) is 5.09. The Morgan fingerprint density at radius 2 is 2.27 bits per heavy atom. The standard InChI is InChI=1S/C7H13N3S/c1-5(2)11-7-6(8)4-10(3)9-7/h4-5H,8H2,1-3H3. The molecule has 0 aliphatic heterocycles. The Kier molecular flexibility index (Phi) is 2.44. The van der Waals surface area contributed by atoms with Crippen LogP contribution in [0.3, 0.4) is 0 Å². The lowest BCUT2D eigenvalue weighted by Gasteiger charge is -2.00. The Morgan fingerprint density at radius 3 is 2.64 bits per heavy atom. The van der Waals surface area contributed by atoms with E-state index in [1.165, 1.54) is 0 Å². The van der Waals surface area contributed by atoms with Gasteiger partial charge in [-0.2, -0.15) is 5.10 Å². The maximum atomic E-state index is 5.69.